The van der Waals surface area contributed by atoms with Gasteiger partial charge in [0.25, 0.3) is 0 Å². The van der Waals surface area contributed by atoms with E-state index in [1.54, 1.807) is 18.7 Å². The van der Waals surface area contributed by atoms with Crippen LogP contribution < -0.4 is 5.32 Å². The molecule has 3 unspecified atom stereocenters. The van der Waals surface area contributed by atoms with Crippen LogP contribution in [0.2, 0.25) is 0 Å². The van der Waals surface area contributed by atoms with Gasteiger partial charge in [0.15, 0.2) is 5.17 Å². The molecule has 1 saturated heterocycles. The van der Waals surface area contributed by atoms with Crippen LogP contribution in [0.15, 0.2) is 4.99 Å². The van der Waals surface area contributed by atoms with Gasteiger partial charge in [-0.3, -0.25) is 0 Å². The maximum Gasteiger partial charge on any atom is 0.330 e. The van der Waals surface area contributed by atoms with Crippen LogP contribution in [-0.2, 0) is 9.53 Å². The predicted octanol–water partition coefficient (Wildman–Crippen LogP) is 2.58. The Bertz CT molecular complexity index is 372. The van der Waals surface area contributed by atoms with Crippen LogP contribution in [0.25, 0.3) is 0 Å². The summed E-state index contributed by atoms with van der Waals surface area (Å²) in [4.78, 5) is 16.0. The van der Waals surface area contributed by atoms with Gasteiger partial charge in [-0.15, -0.1) is 0 Å². The fourth-order valence-electron chi connectivity index (χ4n) is 2.97. The molecule has 0 radical (unpaired) electrons. The summed E-state index contributed by atoms with van der Waals surface area (Å²) in [6.45, 7) is 6.35. The van der Waals surface area contributed by atoms with Crippen LogP contribution in [0.1, 0.15) is 46.5 Å². The number of hydrogen-bond donors (Lipinski definition) is 1. The number of carbonyl (C=O) groups is 1. The zero-order chi connectivity index (χ0) is 13.9. The van der Waals surface area contributed by atoms with Gasteiger partial charge in [-0.05, 0) is 32.6 Å². The Morgan fingerprint density at radius 2 is 2.47 bits per heavy atom. The molecule has 0 amide bonds. The van der Waals surface area contributed by atoms with E-state index in [-0.39, 0.29) is 11.5 Å². The van der Waals surface area contributed by atoms with E-state index in [0.29, 0.717) is 6.61 Å². The van der Waals surface area contributed by atoms with Crippen molar-refractivity contribution in [2.24, 2.45) is 10.9 Å². The number of aliphatic imine (C=N–C) groups is 1. The molecule has 1 heterocycles. The molecule has 108 valence electrons. The summed E-state index contributed by atoms with van der Waals surface area (Å²) in [5.41, 5.74) is 0.218. The maximum atomic E-state index is 11.6. The topological polar surface area (TPSA) is 50.7 Å². The first kappa shape index (κ1) is 14.7. The molecular formula is C14H24N2O2S. The Morgan fingerprint density at radius 3 is 3.16 bits per heavy atom. The van der Waals surface area contributed by atoms with Crippen molar-refractivity contribution < 1.29 is 9.53 Å². The van der Waals surface area contributed by atoms with Gasteiger partial charge in [0.1, 0.15) is 6.04 Å². The number of amidine groups is 1. The molecule has 3 atom stereocenters. The summed E-state index contributed by atoms with van der Waals surface area (Å²) < 4.78 is 4.98. The number of carbonyl (C=O) groups excluding carboxylic acids is 1. The second-order valence-corrected chi connectivity index (χ2v) is 6.72. The van der Waals surface area contributed by atoms with Crippen molar-refractivity contribution in [3.8, 4) is 0 Å². The first-order chi connectivity index (χ1) is 9.04. The van der Waals surface area contributed by atoms with Gasteiger partial charge >= 0.3 is 5.97 Å². The molecule has 5 heteroatoms. The Kier molecular flexibility index (Phi) is 4.76. The van der Waals surface area contributed by atoms with Crippen molar-refractivity contribution in [2.45, 2.75) is 58.0 Å². The fraction of sp³-hybridized carbons (Fsp3) is 0.857. The highest BCUT2D eigenvalue weighted by Gasteiger charge is 2.40. The molecule has 2 fully saturated rings. The average Bonchev–Trinajstić information content (AvgIpc) is 2.71. The highest BCUT2D eigenvalue weighted by molar-refractivity contribution is 8.14. The van der Waals surface area contributed by atoms with E-state index in [1.165, 1.54) is 25.7 Å². The standard InChI is InChI=1S/C14H24N2O2S/c1-4-18-12(17)11(3)15-13-16-14(9-19-13)7-5-6-10(2)8-14/h10-11H,4-9H2,1-3H3,(H,15,16). The summed E-state index contributed by atoms with van der Waals surface area (Å²) >= 11 is 1.74. The summed E-state index contributed by atoms with van der Waals surface area (Å²) in [5.74, 6) is 1.62. The minimum Gasteiger partial charge on any atom is -0.464 e. The molecular weight excluding hydrogens is 260 g/mol. The van der Waals surface area contributed by atoms with Gasteiger partial charge < -0.3 is 10.1 Å². The fourth-order valence-corrected chi connectivity index (χ4v) is 4.24. The molecule has 19 heavy (non-hydrogen) atoms. The maximum absolute atomic E-state index is 11.6. The van der Waals surface area contributed by atoms with Crippen molar-refractivity contribution in [1.29, 1.82) is 0 Å². The van der Waals surface area contributed by atoms with E-state index < -0.39 is 6.04 Å². The number of thioether (sulfide) groups is 1. The van der Waals surface area contributed by atoms with Crippen molar-refractivity contribution in [3.63, 3.8) is 0 Å². The quantitative estimate of drug-likeness (QED) is 0.809. The van der Waals surface area contributed by atoms with E-state index in [1.807, 2.05) is 6.92 Å². The zero-order valence-electron chi connectivity index (χ0n) is 12.1. The van der Waals surface area contributed by atoms with Gasteiger partial charge in [-0.1, -0.05) is 31.5 Å². The van der Waals surface area contributed by atoms with Gasteiger partial charge in [-0.25, -0.2) is 9.79 Å². The second-order valence-electron chi connectivity index (χ2n) is 5.76. The molecule has 0 aromatic carbocycles. The summed E-state index contributed by atoms with van der Waals surface area (Å²) in [5, 5.41) is 4.48. The molecule has 2 aliphatic rings. The number of rotatable bonds is 3. The molecule has 1 spiro atoms. The van der Waals surface area contributed by atoms with E-state index in [2.05, 4.69) is 17.2 Å². The molecule has 0 bridgehead atoms. The molecule has 2 rings (SSSR count). The molecule has 1 N–H and O–H groups in total. The third-order valence-electron chi connectivity index (χ3n) is 3.89. The summed E-state index contributed by atoms with van der Waals surface area (Å²) in [7, 11) is 0. The van der Waals surface area contributed by atoms with Gasteiger partial charge in [0.05, 0.1) is 6.61 Å². The minimum absolute atomic E-state index is 0.218. The number of hydrogen-bond acceptors (Lipinski definition) is 4. The van der Waals surface area contributed by atoms with Crippen molar-refractivity contribution in [3.05, 3.63) is 0 Å². The van der Waals surface area contributed by atoms with Crippen LogP contribution in [0, 0.1) is 5.92 Å². The van der Waals surface area contributed by atoms with E-state index >= 15 is 0 Å². The average molecular weight is 284 g/mol. The van der Waals surface area contributed by atoms with Gasteiger partial charge in [0, 0.05) is 11.3 Å². The molecule has 1 aliphatic heterocycles. The third-order valence-corrected chi connectivity index (χ3v) is 5.07. The van der Waals surface area contributed by atoms with E-state index in [9.17, 15) is 4.79 Å². The molecule has 0 aromatic heterocycles. The molecule has 4 nitrogen and oxygen atoms in total. The van der Waals surface area contributed by atoms with Gasteiger partial charge in [-0.2, -0.15) is 0 Å². The lowest BCUT2D eigenvalue weighted by Crippen LogP contribution is -2.47. The largest absolute Gasteiger partial charge is 0.464 e. The number of esters is 1. The normalized spacial score (nSPS) is 34.3. The minimum atomic E-state index is -0.411. The Morgan fingerprint density at radius 1 is 1.68 bits per heavy atom. The van der Waals surface area contributed by atoms with Crippen LogP contribution in [0.5, 0.6) is 0 Å². The van der Waals surface area contributed by atoms with Crippen molar-refractivity contribution in [1.82, 2.24) is 5.32 Å². The van der Waals surface area contributed by atoms with Crippen molar-refractivity contribution >= 4 is 22.9 Å². The monoisotopic (exact) mass is 284 g/mol. The number of ether oxygens (including phenoxy) is 1. The summed E-state index contributed by atoms with van der Waals surface area (Å²) in [6.07, 6.45) is 5.05. The third kappa shape index (κ3) is 3.65. The lowest BCUT2D eigenvalue weighted by Gasteiger charge is -2.36. The number of nitrogens with one attached hydrogen (secondary N) is 1. The SMILES string of the molecule is CCOC(=O)C(C)N=C1NC2(CCCC(C)C2)CS1. The first-order valence-electron chi connectivity index (χ1n) is 7.20. The van der Waals surface area contributed by atoms with Crippen LogP contribution in [0.3, 0.4) is 0 Å². The predicted molar refractivity (Wildman–Crippen MR) is 79.5 cm³/mol. The summed E-state index contributed by atoms with van der Waals surface area (Å²) in [6, 6.07) is -0.411. The van der Waals surface area contributed by atoms with E-state index in [0.717, 1.165) is 16.8 Å². The highest BCUT2D eigenvalue weighted by Crippen LogP contribution is 2.38. The smallest absolute Gasteiger partial charge is 0.330 e. The molecule has 1 aliphatic carbocycles. The lowest BCUT2D eigenvalue weighted by molar-refractivity contribution is -0.144. The van der Waals surface area contributed by atoms with Crippen LogP contribution >= 0.6 is 11.8 Å². The van der Waals surface area contributed by atoms with Crippen LogP contribution in [-0.4, -0.2) is 35.1 Å². The van der Waals surface area contributed by atoms with Crippen molar-refractivity contribution in [2.75, 3.05) is 12.4 Å². The first-order valence-corrected chi connectivity index (χ1v) is 8.18. The van der Waals surface area contributed by atoms with E-state index in [4.69, 9.17) is 4.74 Å². The Hall–Kier alpha value is -0.710. The number of nitrogens with zero attached hydrogens (tertiary/aromatic N) is 1. The Balaban J connectivity index is 1.95. The molecule has 0 aromatic rings. The van der Waals surface area contributed by atoms with Crippen LogP contribution in [0.4, 0.5) is 0 Å². The van der Waals surface area contributed by atoms with Gasteiger partial charge in [0.2, 0.25) is 0 Å². The lowest BCUT2D eigenvalue weighted by atomic mass is 9.78. The second kappa shape index (κ2) is 6.16. The zero-order valence-corrected chi connectivity index (χ0v) is 12.9. The Labute approximate surface area is 119 Å². The highest BCUT2D eigenvalue weighted by atomic mass is 32.2. The molecule has 1 saturated carbocycles.